The Bertz CT molecular complexity index is 1150. The Labute approximate surface area is 187 Å². The first-order chi connectivity index (χ1) is 14.4. The molecule has 0 saturated heterocycles. The maximum absolute atomic E-state index is 12.2. The summed E-state index contributed by atoms with van der Waals surface area (Å²) >= 11 is 13.1. The van der Waals surface area contributed by atoms with Gasteiger partial charge in [0.25, 0.3) is 5.91 Å². The van der Waals surface area contributed by atoms with Crippen molar-refractivity contribution in [3.63, 3.8) is 0 Å². The summed E-state index contributed by atoms with van der Waals surface area (Å²) in [5.41, 5.74) is 10.7. The van der Waals surface area contributed by atoms with Crippen LogP contribution in [0, 0.1) is 18.3 Å². The number of carbonyl (C=O) groups is 1. The van der Waals surface area contributed by atoms with Gasteiger partial charge in [0, 0.05) is 15.6 Å². The molecule has 0 atom stereocenters. The van der Waals surface area contributed by atoms with Crippen molar-refractivity contribution in [2.24, 2.45) is 5.10 Å². The summed E-state index contributed by atoms with van der Waals surface area (Å²) in [7, 11) is 0. The average Bonchev–Trinajstić information content (AvgIpc) is 3.01. The number of rotatable bonds is 6. The van der Waals surface area contributed by atoms with Crippen LogP contribution >= 0.6 is 34.5 Å². The van der Waals surface area contributed by atoms with Crippen LogP contribution in [-0.4, -0.2) is 12.1 Å². The van der Waals surface area contributed by atoms with Crippen LogP contribution in [0.1, 0.15) is 31.9 Å². The van der Waals surface area contributed by atoms with E-state index in [0.717, 1.165) is 22.5 Å². The molecule has 0 radical (unpaired) electrons. The monoisotopic (exact) mass is 458 g/mol. The Hall–Kier alpha value is -3.05. The summed E-state index contributed by atoms with van der Waals surface area (Å²) < 4.78 is 5.73. The molecule has 3 aromatic rings. The third-order valence-corrected chi connectivity index (χ3v) is 5.87. The van der Waals surface area contributed by atoms with Crippen LogP contribution in [0.15, 0.2) is 47.6 Å². The number of nitrogen functional groups attached to an aromatic ring is 1. The molecule has 0 bridgehead atoms. The zero-order valence-electron chi connectivity index (χ0n) is 15.8. The first kappa shape index (κ1) is 21.7. The molecular formula is C21H16Cl2N4O2S. The van der Waals surface area contributed by atoms with Gasteiger partial charge in [0.15, 0.2) is 0 Å². The molecule has 0 aliphatic carbocycles. The number of anilines is 1. The topological polar surface area (TPSA) is 100 Å². The molecule has 9 heteroatoms. The van der Waals surface area contributed by atoms with Gasteiger partial charge in [-0.1, -0.05) is 29.3 Å². The van der Waals surface area contributed by atoms with Crippen LogP contribution in [0.25, 0.3) is 0 Å². The molecule has 0 spiro atoms. The quantitative estimate of drug-likeness (QED) is 0.393. The summed E-state index contributed by atoms with van der Waals surface area (Å²) in [5, 5.41) is 14.5. The van der Waals surface area contributed by atoms with Crippen LogP contribution < -0.4 is 15.9 Å². The first-order valence-electron chi connectivity index (χ1n) is 8.68. The summed E-state index contributed by atoms with van der Waals surface area (Å²) in [6.45, 7) is 1.99. The number of thiophene rings is 1. The molecule has 6 nitrogen and oxygen atoms in total. The molecular weight excluding hydrogens is 443 g/mol. The maximum atomic E-state index is 12.2. The molecule has 0 aliphatic rings. The molecule has 30 heavy (non-hydrogen) atoms. The van der Waals surface area contributed by atoms with Crippen molar-refractivity contribution in [3.8, 4) is 11.8 Å². The minimum atomic E-state index is -0.415. The number of nitrogens with one attached hydrogen (secondary N) is 1. The number of halogens is 2. The lowest BCUT2D eigenvalue weighted by atomic mass is 10.2. The highest BCUT2D eigenvalue weighted by Gasteiger charge is 2.18. The van der Waals surface area contributed by atoms with E-state index in [4.69, 9.17) is 38.9 Å². The highest BCUT2D eigenvalue weighted by atomic mass is 35.5. The molecule has 152 valence electrons. The fourth-order valence-corrected chi connectivity index (χ4v) is 3.93. The van der Waals surface area contributed by atoms with Gasteiger partial charge in [-0.25, -0.2) is 5.43 Å². The number of amides is 1. The summed E-state index contributed by atoms with van der Waals surface area (Å²) in [4.78, 5) is 12.6. The molecule has 0 unspecified atom stereocenters. The third kappa shape index (κ3) is 5.10. The molecule has 0 aliphatic heterocycles. The van der Waals surface area contributed by atoms with Crippen LogP contribution in [0.3, 0.4) is 0 Å². The van der Waals surface area contributed by atoms with Crippen molar-refractivity contribution in [2.75, 3.05) is 5.73 Å². The molecule has 1 aromatic heterocycles. The van der Waals surface area contributed by atoms with E-state index in [2.05, 4.69) is 10.5 Å². The van der Waals surface area contributed by atoms with Gasteiger partial charge in [0.1, 0.15) is 28.3 Å². The Morgan fingerprint density at radius 1 is 1.30 bits per heavy atom. The van der Waals surface area contributed by atoms with Crippen molar-refractivity contribution in [1.82, 2.24) is 5.43 Å². The lowest BCUT2D eigenvalue weighted by molar-refractivity contribution is 0.0958. The second-order valence-corrected chi connectivity index (χ2v) is 8.10. The van der Waals surface area contributed by atoms with Gasteiger partial charge in [-0.2, -0.15) is 10.4 Å². The standard InChI is InChI=1S/C21H16Cl2N4O2S/c1-12-17(9-24)20(25)30-19(12)21(28)27-26-10-13-2-6-16(7-3-13)29-11-14-4-5-15(22)8-18(14)23/h2-8,10H,11,25H2,1H3,(H,27,28)/b26-10-. The predicted octanol–water partition coefficient (Wildman–Crippen LogP) is 5.16. The van der Waals surface area contributed by atoms with Crippen LogP contribution in [-0.2, 0) is 6.61 Å². The molecule has 1 amide bonds. The van der Waals surface area contributed by atoms with Gasteiger partial charge in [0.05, 0.1) is 11.8 Å². The molecule has 3 N–H and O–H groups in total. The zero-order valence-corrected chi connectivity index (χ0v) is 18.1. The number of hydrogen-bond donors (Lipinski definition) is 2. The van der Waals surface area contributed by atoms with E-state index >= 15 is 0 Å². The summed E-state index contributed by atoms with van der Waals surface area (Å²) in [6, 6.07) is 14.4. The van der Waals surface area contributed by atoms with E-state index in [1.807, 2.05) is 12.1 Å². The van der Waals surface area contributed by atoms with E-state index in [1.165, 1.54) is 6.21 Å². The van der Waals surface area contributed by atoms with Crippen molar-refractivity contribution >= 4 is 51.7 Å². The van der Waals surface area contributed by atoms with E-state index in [9.17, 15) is 4.79 Å². The fraction of sp³-hybridized carbons (Fsp3) is 0.0952. The second-order valence-electron chi connectivity index (χ2n) is 6.20. The van der Waals surface area contributed by atoms with E-state index in [1.54, 1.807) is 43.3 Å². The first-order valence-corrected chi connectivity index (χ1v) is 10.3. The second kappa shape index (κ2) is 9.63. The van der Waals surface area contributed by atoms with Crippen molar-refractivity contribution in [2.45, 2.75) is 13.5 Å². The van der Waals surface area contributed by atoms with Gasteiger partial charge in [-0.05, 0) is 54.4 Å². The van der Waals surface area contributed by atoms with E-state index in [0.29, 0.717) is 43.4 Å². The number of benzene rings is 2. The zero-order chi connectivity index (χ0) is 21.7. The highest BCUT2D eigenvalue weighted by Crippen LogP contribution is 2.29. The SMILES string of the molecule is Cc1c(C(=O)N/N=C\c2ccc(OCc3ccc(Cl)cc3Cl)cc2)sc(N)c1C#N. The number of hydrogen-bond acceptors (Lipinski definition) is 6. The largest absolute Gasteiger partial charge is 0.489 e. The number of nitrogens with two attached hydrogens (primary N) is 1. The van der Waals surface area contributed by atoms with E-state index < -0.39 is 5.91 Å². The minimum Gasteiger partial charge on any atom is -0.489 e. The predicted molar refractivity (Wildman–Crippen MR) is 120 cm³/mol. The van der Waals surface area contributed by atoms with Gasteiger partial charge in [-0.3, -0.25) is 4.79 Å². The van der Waals surface area contributed by atoms with Crippen LogP contribution in [0.5, 0.6) is 5.75 Å². The van der Waals surface area contributed by atoms with Crippen molar-refractivity contribution in [1.29, 1.82) is 5.26 Å². The van der Waals surface area contributed by atoms with Gasteiger partial charge >= 0.3 is 0 Å². The molecule has 3 rings (SSSR count). The molecule has 0 fully saturated rings. The Morgan fingerprint density at radius 3 is 2.67 bits per heavy atom. The van der Waals surface area contributed by atoms with Crippen molar-refractivity contribution < 1.29 is 9.53 Å². The Kier molecular flexibility index (Phi) is 6.95. The summed E-state index contributed by atoms with van der Waals surface area (Å²) in [5.74, 6) is 0.248. The normalized spacial score (nSPS) is 10.7. The smallest absolute Gasteiger partial charge is 0.281 e. The maximum Gasteiger partial charge on any atom is 0.281 e. The summed E-state index contributed by atoms with van der Waals surface area (Å²) in [6.07, 6.45) is 1.51. The number of hydrazone groups is 1. The third-order valence-electron chi connectivity index (χ3n) is 4.16. The highest BCUT2D eigenvalue weighted by molar-refractivity contribution is 7.18. The van der Waals surface area contributed by atoms with Crippen LogP contribution in [0.4, 0.5) is 5.00 Å². The lowest BCUT2D eigenvalue weighted by Crippen LogP contribution is -2.17. The number of carbonyl (C=O) groups excluding carboxylic acids is 1. The Morgan fingerprint density at radius 2 is 2.03 bits per heavy atom. The number of nitrogens with zero attached hydrogens (tertiary/aromatic N) is 2. The van der Waals surface area contributed by atoms with Crippen molar-refractivity contribution in [3.05, 3.63) is 79.6 Å². The molecule has 1 heterocycles. The Balaban J connectivity index is 1.57. The molecule has 2 aromatic carbocycles. The fourth-order valence-electron chi connectivity index (χ4n) is 2.56. The lowest BCUT2D eigenvalue weighted by Gasteiger charge is -2.08. The van der Waals surface area contributed by atoms with Crippen LogP contribution in [0.2, 0.25) is 10.0 Å². The number of ether oxygens (including phenoxy) is 1. The van der Waals surface area contributed by atoms with E-state index in [-0.39, 0.29) is 0 Å². The average molecular weight is 459 g/mol. The van der Waals surface area contributed by atoms with Gasteiger partial charge in [0.2, 0.25) is 0 Å². The van der Waals surface area contributed by atoms with Gasteiger partial charge in [-0.15, -0.1) is 11.3 Å². The minimum absolute atomic E-state index is 0.313. The number of nitriles is 1. The van der Waals surface area contributed by atoms with Gasteiger partial charge < -0.3 is 10.5 Å². The molecule has 0 saturated carbocycles.